The van der Waals surface area contributed by atoms with Crippen LogP contribution in [-0.4, -0.2) is 89.6 Å². The van der Waals surface area contributed by atoms with Gasteiger partial charge in [-0.1, -0.05) is 0 Å². The summed E-state index contributed by atoms with van der Waals surface area (Å²) in [6, 6.07) is 0. The van der Waals surface area contributed by atoms with Crippen molar-refractivity contribution >= 4 is 62.2 Å². The molecule has 0 aliphatic carbocycles. The van der Waals surface area contributed by atoms with E-state index in [1.807, 2.05) is 0 Å². The molecule has 0 amide bonds. The minimum atomic E-state index is -3.63. The summed E-state index contributed by atoms with van der Waals surface area (Å²) in [6.07, 6.45) is 0. The second-order valence-corrected chi connectivity index (χ2v) is 2.25. The maximum absolute atomic E-state index is 8.52. The van der Waals surface area contributed by atoms with E-state index < -0.39 is 27.5 Å². The van der Waals surface area contributed by atoms with Crippen LogP contribution in [0.25, 0.3) is 0 Å². The van der Waals surface area contributed by atoms with Crippen molar-refractivity contribution in [1.82, 2.24) is 0 Å². The summed E-state index contributed by atoms with van der Waals surface area (Å²) >= 11 is 0. The number of hydrogen-bond donors (Lipinski definition) is 0. The van der Waals surface area contributed by atoms with Crippen LogP contribution in [0.5, 0.6) is 0 Å². The van der Waals surface area contributed by atoms with Crippen molar-refractivity contribution in [1.29, 1.82) is 0 Å². The van der Waals surface area contributed by atoms with Crippen LogP contribution in [0, 0.1) is 0 Å². The molecule has 0 fully saturated rings. The van der Waals surface area contributed by atoms with Gasteiger partial charge in [0.25, 0.3) is 0 Å². The van der Waals surface area contributed by atoms with Gasteiger partial charge in [0.2, 0.25) is 0 Å². The summed E-state index contributed by atoms with van der Waals surface area (Å²) in [6.45, 7) is 0. The molecule has 0 unspecified atom stereocenters. The third-order valence-corrected chi connectivity index (χ3v) is 0. The Kier molecular flexibility index (Phi) is 265. The second kappa shape index (κ2) is 65.2. The Morgan fingerprint density at radius 3 is 0.421 bits per heavy atom. The van der Waals surface area contributed by atoms with Crippen molar-refractivity contribution < 1.29 is 69.5 Å². The van der Waals surface area contributed by atoms with Gasteiger partial charge in [0.15, 0.2) is 0 Å². The molecule has 0 aliphatic heterocycles. The molecule has 0 heterocycles. The molecule has 0 saturated heterocycles. The molecule has 0 aromatic rings. The Morgan fingerprint density at radius 1 is 0.421 bits per heavy atom. The van der Waals surface area contributed by atoms with Crippen LogP contribution in [-0.2, 0) is 13.4 Å². The van der Waals surface area contributed by atoms with E-state index in [1.54, 1.807) is 0 Å². The first kappa shape index (κ1) is 77.3. The van der Waals surface area contributed by atoms with Gasteiger partial charge in [-0.05, 0) is 0 Å². The van der Waals surface area contributed by atoms with Gasteiger partial charge in [-0.25, -0.2) is 0 Å². The molecular weight excluding hydrogens is 362 g/mol. The number of hydrogen-bond acceptors (Lipinski definition) is 9. The molecule has 14 nitrogen and oxygen atoms in total. The summed E-state index contributed by atoms with van der Waals surface area (Å²) in [5.41, 5.74) is 0. The molecule has 0 aliphatic rings. The average Bonchev–Trinajstić information content (AvgIpc) is 1.54. The first-order valence-corrected chi connectivity index (χ1v) is 5.51. The van der Waals surface area contributed by atoms with Crippen molar-refractivity contribution in [2.45, 2.75) is 0 Å². The minimum absolute atomic E-state index is 0. The standard InChI is InChI=1S/2Al.3O3Si.5H2O/c;;3*1-4(2)3;;;;;/h;;;;;5*1H2/q2*+3;3*-2;;;;;. The Hall–Kier alpha value is -0.284. The normalized spacial score (nSPS) is 3.79. The van der Waals surface area contributed by atoms with E-state index in [2.05, 4.69) is 0 Å². The van der Waals surface area contributed by atoms with E-state index >= 15 is 0 Å². The molecule has 112 valence electrons. The fourth-order valence-electron chi connectivity index (χ4n) is 0. The van der Waals surface area contributed by atoms with E-state index in [0.717, 1.165) is 0 Å². The Morgan fingerprint density at radius 2 is 0.421 bits per heavy atom. The maximum Gasteiger partial charge on any atom is 3.00 e. The Balaban J connectivity index is -0.00000000675. The van der Waals surface area contributed by atoms with Crippen molar-refractivity contribution in [2.75, 3.05) is 0 Å². The molecule has 0 bridgehead atoms. The third-order valence-electron chi connectivity index (χ3n) is 0. The molecular formula is H10Al2O14Si3. The van der Waals surface area contributed by atoms with Gasteiger partial charge in [0, 0.05) is 27.5 Å². The smallest absolute Gasteiger partial charge is 0.672 e. The van der Waals surface area contributed by atoms with Crippen LogP contribution in [0.2, 0.25) is 0 Å². The van der Waals surface area contributed by atoms with Crippen molar-refractivity contribution in [3.05, 3.63) is 0 Å². The fraction of sp³-hybridized carbons (Fsp3) is 0. The predicted molar refractivity (Wildman–Crippen MR) is 48.9 cm³/mol. The van der Waals surface area contributed by atoms with Gasteiger partial charge in [-0.2, -0.15) is 0 Å². The Bertz CT molecular complexity index is 118. The van der Waals surface area contributed by atoms with E-state index in [0.29, 0.717) is 0 Å². The number of rotatable bonds is 0. The summed E-state index contributed by atoms with van der Waals surface area (Å²) < 4.78 is 25.6. The summed E-state index contributed by atoms with van der Waals surface area (Å²) in [5.74, 6) is 0. The Labute approximate surface area is 132 Å². The first-order valence-electron chi connectivity index (χ1n) is 1.84. The molecule has 0 saturated carbocycles. The topological polar surface area (TPSA) is 347 Å². The third kappa shape index (κ3) is 54100. The van der Waals surface area contributed by atoms with Crippen LogP contribution in [0.15, 0.2) is 0 Å². The van der Waals surface area contributed by atoms with Crippen molar-refractivity contribution in [2.24, 2.45) is 0 Å². The molecule has 0 radical (unpaired) electrons. The molecule has 19 heavy (non-hydrogen) atoms. The molecule has 0 aromatic heterocycles. The van der Waals surface area contributed by atoms with Crippen LogP contribution < -0.4 is 28.8 Å². The second-order valence-electron chi connectivity index (χ2n) is 0.750. The quantitative estimate of drug-likeness (QED) is 0.363. The van der Waals surface area contributed by atoms with Gasteiger partial charge >= 0.3 is 34.7 Å². The van der Waals surface area contributed by atoms with E-state index in [1.165, 1.54) is 0 Å². The molecule has 19 heteroatoms. The van der Waals surface area contributed by atoms with Gasteiger partial charge in [-0.15, -0.1) is 0 Å². The van der Waals surface area contributed by atoms with Gasteiger partial charge in [0.05, 0.1) is 0 Å². The minimum Gasteiger partial charge on any atom is -0.672 e. The van der Waals surface area contributed by atoms with Gasteiger partial charge in [-0.3, -0.25) is 0 Å². The summed E-state index contributed by atoms with van der Waals surface area (Å²) in [5, 5.41) is 0. The van der Waals surface area contributed by atoms with E-state index in [-0.39, 0.29) is 62.1 Å². The first-order chi connectivity index (χ1) is 5.20. The van der Waals surface area contributed by atoms with Crippen LogP contribution in [0.3, 0.4) is 0 Å². The predicted octanol–water partition coefficient (Wildman–Crippen LogP) is -13.5. The van der Waals surface area contributed by atoms with Crippen LogP contribution in [0.1, 0.15) is 0 Å². The largest absolute Gasteiger partial charge is 3.00 e. The van der Waals surface area contributed by atoms with E-state index in [9.17, 15) is 0 Å². The molecule has 0 aromatic carbocycles. The van der Waals surface area contributed by atoms with Crippen LogP contribution >= 0.6 is 0 Å². The zero-order chi connectivity index (χ0) is 10.7. The summed E-state index contributed by atoms with van der Waals surface area (Å²) in [4.78, 5) is 51.1. The van der Waals surface area contributed by atoms with Crippen LogP contribution in [0.4, 0.5) is 0 Å². The fourth-order valence-corrected chi connectivity index (χ4v) is 0. The van der Waals surface area contributed by atoms with Gasteiger partial charge in [0.1, 0.15) is 0 Å². The SMILES string of the molecule is O.O.O.O.O.O=[Si]([O-])[O-].O=[Si]([O-])[O-].O=[Si]([O-])[O-].[Al+3].[Al+3]. The molecule has 0 spiro atoms. The summed E-state index contributed by atoms with van der Waals surface area (Å²) in [7, 11) is -10.9. The average molecular weight is 372 g/mol. The zero-order valence-electron chi connectivity index (χ0n) is 8.83. The monoisotopic (exact) mass is 372 g/mol. The maximum atomic E-state index is 8.52. The molecule has 0 rings (SSSR count). The zero-order valence-corrected chi connectivity index (χ0v) is 14.1. The van der Waals surface area contributed by atoms with Gasteiger partial charge < -0.3 is 69.5 Å². The molecule has 10 N–H and O–H groups in total. The molecule has 0 atom stereocenters. The van der Waals surface area contributed by atoms with Crippen molar-refractivity contribution in [3.63, 3.8) is 0 Å². The van der Waals surface area contributed by atoms with E-state index in [4.69, 9.17) is 42.2 Å². The van der Waals surface area contributed by atoms with Crippen molar-refractivity contribution in [3.8, 4) is 0 Å².